The van der Waals surface area contributed by atoms with Gasteiger partial charge in [-0.2, -0.15) is 0 Å². The van der Waals surface area contributed by atoms with Crippen LogP contribution >= 0.6 is 0 Å². The predicted octanol–water partition coefficient (Wildman–Crippen LogP) is 3.22. The van der Waals surface area contributed by atoms with E-state index in [0.29, 0.717) is 6.54 Å². The lowest BCUT2D eigenvalue weighted by Crippen LogP contribution is -2.40. The maximum absolute atomic E-state index is 12.9. The van der Waals surface area contributed by atoms with Gasteiger partial charge in [0, 0.05) is 25.6 Å². The second-order valence-electron chi connectivity index (χ2n) is 6.05. The van der Waals surface area contributed by atoms with E-state index in [2.05, 4.69) is 46.0 Å². The van der Waals surface area contributed by atoms with Crippen molar-refractivity contribution in [2.45, 2.75) is 24.8 Å². The lowest BCUT2D eigenvalue weighted by Gasteiger charge is -2.19. The molecule has 0 bridgehead atoms. The summed E-state index contributed by atoms with van der Waals surface area (Å²) >= 11 is 0. The molecule has 0 radical (unpaired) electrons. The molecule has 3 nitrogen and oxygen atoms in total. The molecule has 0 aliphatic heterocycles. The van der Waals surface area contributed by atoms with Crippen molar-refractivity contribution in [3.05, 3.63) is 71.5 Å². The average Bonchev–Trinajstić information content (AvgIpc) is 3.39. The summed E-state index contributed by atoms with van der Waals surface area (Å²) in [6.07, 6.45) is 2.41. The molecule has 0 unspecified atom stereocenters. The van der Waals surface area contributed by atoms with Gasteiger partial charge in [0.25, 0.3) is 0 Å². The van der Waals surface area contributed by atoms with E-state index >= 15 is 0 Å². The van der Waals surface area contributed by atoms with E-state index in [1.165, 1.54) is 30.5 Å². The van der Waals surface area contributed by atoms with Crippen LogP contribution in [0.2, 0.25) is 0 Å². The highest BCUT2D eigenvalue weighted by atomic mass is 19.1. The first-order valence-corrected chi connectivity index (χ1v) is 7.96. The Morgan fingerprint density at radius 2 is 1.74 bits per heavy atom. The Labute approximate surface area is 136 Å². The first-order chi connectivity index (χ1) is 11.2. The first-order valence-electron chi connectivity index (χ1n) is 7.96. The molecule has 23 heavy (non-hydrogen) atoms. The monoisotopic (exact) mass is 311 g/mol. The summed E-state index contributed by atoms with van der Waals surface area (Å²) in [6, 6.07) is 17.1. The van der Waals surface area contributed by atoms with Crippen LogP contribution in [0, 0.1) is 5.82 Å². The highest BCUT2D eigenvalue weighted by Gasteiger charge is 2.43. The van der Waals surface area contributed by atoms with Crippen LogP contribution in [0.4, 0.5) is 4.39 Å². The number of hydrogen-bond donors (Lipinski definition) is 2. The molecule has 2 aromatic rings. The normalized spacial score (nSPS) is 16.0. The Balaban J connectivity index is 1.53. The Hall–Kier alpha value is -2.36. The molecule has 0 aromatic heterocycles. The van der Waals surface area contributed by atoms with E-state index in [1.54, 1.807) is 19.2 Å². The van der Waals surface area contributed by atoms with Gasteiger partial charge in [-0.15, -0.1) is 0 Å². The Morgan fingerprint density at radius 1 is 1.04 bits per heavy atom. The Morgan fingerprint density at radius 3 is 2.35 bits per heavy atom. The van der Waals surface area contributed by atoms with Gasteiger partial charge in [0.15, 0.2) is 5.96 Å². The van der Waals surface area contributed by atoms with Gasteiger partial charge >= 0.3 is 0 Å². The summed E-state index contributed by atoms with van der Waals surface area (Å²) in [5, 5.41) is 6.69. The minimum Gasteiger partial charge on any atom is -0.356 e. The van der Waals surface area contributed by atoms with E-state index < -0.39 is 0 Å². The van der Waals surface area contributed by atoms with Gasteiger partial charge in [0.1, 0.15) is 5.82 Å². The summed E-state index contributed by atoms with van der Waals surface area (Å²) in [5.41, 5.74) is 2.66. The van der Waals surface area contributed by atoms with Crippen molar-refractivity contribution in [3.63, 3.8) is 0 Å². The molecule has 2 N–H and O–H groups in total. The van der Waals surface area contributed by atoms with E-state index in [-0.39, 0.29) is 11.2 Å². The standard InChI is InChI=1S/C19H22FN3/c1-21-18(22-13-15-7-9-17(20)10-8-15)23-14-19(11-12-19)16-5-3-2-4-6-16/h2-10H,11-14H2,1H3,(H2,21,22,23). The fraction of sp³-hybridized carbons (Fsp3) is 0.316. The van der Waals surface area contributed by atoms with Crippen LogP contribution in [-0.4, -0.2) is 19.6 Å². The molecule has 2 aromatic carbocycles. The van der Waals surface area contributed by atoms with Crippen LogP contribution in [0.5, 0.6) is 0 Å². The van der Waals surface area contributed by atoms with Crippen molar-refractivity contribution in [2.75, 3.05) is 13.6 Å². The zero-order valence-electron chi connectivity index (χ0n) is 13.3. The van der Waals surface area contributed by atoms with Crippen LogP contribution in [0.3, 0.4) is 0 Å². The molecule has 0 atom stereocenters. The minimum absolute atomic E-state index is 0.213. The maximum atomic E-state index is 12.9. The van der Waals surface area contributed by atoms with E-state index in [0.717, 1.165) is 18.1 Å². The molecule has 4 heteroatoms. The molecule has 120 valence electrons. The van der Waals surface area contributed by atoms with Gasteiger partial charge in [0.2, 0.25) is 0 Å². The summed E-state index contributed by atoms with van der Waals surface area (Å²) in [5.74, 6) is 0.561. The summed E-state index contributed by atoms with van der Waals surface area (Å²) < 4.78 is 12.9. The third kappa shape index (κ3) is 3.89. The van der Waals surface area contributed by atoms with Gasteiger partial charge < -0.3 is 10.6 Å². The lowest BCUT2D eigenvalue weighted by molar-refractivity contribution is 0.626. The quantitative estimate of drug-likeness (QED) is 0.657. The summed E-state index contributed by atoms with van der Waals surface area (Å²) in [6.45, 7) is 1.50. The van der Waals surface area contributed by atoms with Crippen LogP contribution in [0.1, 0.15) is 24.0 Å². The first kappa shape index (κ1) is 15.5. The summed E-state index contributed by atoms with van der Waals surface area (Å²) in [4.78, 5) is 4.27. The van der Waals surface area contributed by atoms with Crippen LogP contribution in [0.25, 0.3) is 0 Å². The molecular weight excluding hydrogens is 289 g/mol. The molecule has 1 aliphatic carbocycles. The molecule has 0 saturated heterocycles. The molecule has 1 aliphatic rings. The van der Waals surface area contributed by atoms with Crippen molar-refractivity contribution in [1.82, 2.24) is 10.6 Å². The molecule has 1 fully saturated rings. The Bertz CT molecular complexity index is 661. The Kier molecular flexibility index (Phi) is 4.60. The average molecular weight is 311 g/mol. The molecule has 3 rings (SSSR count). The molecule has 0 amide bonds. The van der Waals surface area contributed by atoms with Crippen LogP contribution < -0.4 is 10.6 Å². The van der Waals surface area contributed by atoms with Crippen molar-refractivity contribution in [2.24, 2.45) is 4.99 Å². The number of halogens is 1. The zero-order valence-corrected chi connectivity index (χ0v) is 13.3. The van der Waals surface area contributed by atoms with Gasteiger partial charge in [-0.05, 0) is 36.1 Å². The molecule has 1 saturated carbocycles. The highest BCUT2D eigenvalue weighted by molar-refractivity contribution is 5.79. The van der Waals surface area contributed by atoms with Gasteiger partial charge in [-0.3, -0.25) is 4.99 Å². The van der Waals surface area contributed by atoms with E-state index in [4.69, 9.17) is 0 Å². The fourth-order valence-electron chi connectivity index (χ4n) is 2.77. The van der Waals surface area contributed by atoms with E-state index in [9.17, 15) is 4.39 Å². The van der Waals surface area contributed by atoms with E-state index in [1.807, 2.05) is 0 Å². The number of nitrogens with zero attached hydrogens (tertiary/aromatic N) is 1. The lowest BCUT2D eigenvalue weighted by atomic mass is 9.96. The SMILES string of the molecule is CN=C(NCc1ccc(F)cc1)NCC1(c2ccccc2)CC1. The smallest absolute Gasteiger partial charge is 0.191 e. The summed E-state index contributed by atoms with van der Waals surface area (Å²) in [7, 11) is 1.77. The third-order valence-corrected chi connectivity index (χ3v) is 4.43. The number of guanidine groups is 1. The maximum Gasteiger partial charge on any atom is 0.191 e. The highest BCUT2D eigenvalue weighted by Crippen LogP contribution is 2.47. The molecular formula is C19H22FN3. The van der Waals surface area contributed by atoms with Crippen molar-refractivity contribution < 1.29 is 4.39 Å². The number of aliphatic imine (C=N–C) groups is 1. The second-order valence-corrected chi connectivity index (χ2v) is 6.05. The molecule has 0 heterocycles. The van der Waals surface area contributed by atoms with Crippen molar-refractivity contribution >= 4 is 5.96 Å². The zero-order chi connectivity index (χ0) is 16.1. The van der Waals surface area contributed by atoms with Crippen molar-refractivity contribution in [3.8, 4) is 0 Å². The predicted molar refractivity (Wildman–Crippen MR) is 92.0 cm³/mol. The number of benzene rings is 2. The largest absolute Gasteiger partial charge is 0.356 e. The fourth-order valence-corrected chi connectivity index (χ4v) is 2.77. The van der Waals surface area contributed by atoms with Crippen molar-refractivity contribution in [1.29, 1.82) is 0 Å². The number of nitrogens with one attached hydrogen (secondary N) is 2. The van der Waals surface area contributed by atoms with Crippen LogP contribution in [-0.2, 0) is 12.0 Å². The van der Waals surface area contributed by atoms with Gasteiger partial charge in [-0.25, -0.2) is 4.39 Å². The minimum atomic E-state index is -0.213. The number of hydrogen-bond acceptors (Lipinski definition) is 1. The van der Waals surface area contributed by atoms with Gasteiger partial charge in [0.05, 0.1) is 0 Å². The second kappa shape index (κ2) is 6.82. The molecule has 0 spiro atoms. The van der Waals surface area contributed by atoms with Gasteiger partial charge in [-0.1, -0.05) is 42.5 Å². The van der Waals surface area contributed by atoms with Crippen LogP contribution in [0.15, 0.2) is 59.6 Å². The third-order valence-electron chi connectivity index (χ3n) is 4.43. The number of rotatable bonds is 5. The topological polar surface area (TPSA) is 36.4 Å².